The summed E-state index contributed by atoms with van der Waals surface area (Å²) in [5.74, 6) is -0.198. The smallest absolute Gasteiger partial charge is 0.254 e. The van der Waals surface area contributed by atoms with Crippen molar-refractivity contribution in [2.45, 2.75) is 18.4 Å². The molecule has 2 heterocycles. The molecule has 0 aliphatic carbocycles. The van der Waals surface area contributed by atoms with E-state index in [1.165, 1.54) is 13.0 Å². The van der Waals surface area contributed by atoms with Crippen LogP contribution in [0.5, 0.6) is 5.75 Å². The normalized spacial score (nSPS) is 13.4. The zero-order valence-electron chi connectivity index (χ0n) is 18.0. The molecule has 33 heavy (non-hydrogen) atoms. The van der Waals surface area contributed by atoms with Gasteiger partial charge in [0.05, 0.1) is 6.54 Å². The van der Waals surface area contributed by atoms with Gasteiger partial charge in [-0.1, -0.05) is 6.07 Å². The van der Waals surface area contributed by atoms with E-state index in [0.29, 0.717) is 18.1 Å². The van der Waals surface area contributed by atoms with Gasteiger partial charge in [-0.05, 0) is 54.4 Å². The van der Waals surface area contributed by atoms with Gasteiger partial charge in [0.1, 0.15) is 28.9 Å². The maximum Gasteiger partial charge on any atom is 0.254 e. The summed E-state index contributed by atoms with van der Waals surface area (Å²) < 4.78 is 44.0. The molecule has 174 valence electrons. The fourth-order valence-electron chi connectivity index (χ4n) is 3.67. The number of fused-ring (bicyclic) bond motifs is 1. The number of pyridine rings is 1. The lowest BCUT2D eigenvalue weighted by molar-refractivity contribution is 0.0731. The molecular formula is C23H23ClFN3O4S. The highest BCUT2D eigenvalue weighted by atomic mass is 35.5. The summed E-state index contributed by atoms with van der Waals surface area (Å²) in [4.78, 5) is 18.5. The third-order valence-electron chi connectivity index (χ3n) is 5.43. The second-order valence-corrected chi connectivity index (χ2v) is 9.68. The fourth-order valence-corrected chi connectivity index (χ4v) is 4.47. The van der Waals surface area contributed by atoms with Crippen molar-refractivity contribution in [1.29, 1.82) is 0 Å². The maximum atomic E-state index is 14.7. The van der Waals surface area contributed by atoms with Gasteiger partial charge in [-0.15, -0.1) is 12.4 Å². The van der Waals surface area contributed by atoms with E-state index in [9.17, 15) is 17.6 Å². The van der Waals surface area contributed by atoms with Gasteiger partial charge < -0.3 is 15.4 Å². The van der Waals surface area contributed by atoms with Crippen molar-refractivity contribution in [3.05, 3.63) is 71.2 Å². The van der Waals surface area contributed by atoms with Gasteiger partial charge in [0.2, 0.25) is 0 Å². The van der Waals surface area contributed by atoms with Crippen molar-refractivity contribution < 1.29 is 22.3 Å². The van der Waals surface area contributed by atoms with E-state index in [1.54, 1.807) is 17.2 Å². The molecule has 2 aromatic carbocycles. The largest absolute Gasteiger partial charge is 0.491 e. The van der Waals surface area contributed by atoms with Crippen LogP contribution in [0.4, 0.5) is 10.2 Å². The van der Waals surface area contributed by atoms with Gasteiger partial charge in [-0.3, -0.25) is 4.79 Å². The number of carbonyl (C=O) groups excluding carboxylic acids is 1. The number of hydrogen-bond donors (Lipinski definition) is 1. The minimum atomic E-state index is -3.74. The number of aromatic nitrogens is 1. The molecule has 0 unspecified atom stereocenters. The first-order valence-electron chi connectivity index (χ1n) is 9.91. The van der Waals surface area contributed by atoms with Crippen LogP contribution in [0.2, 0.25) is 0 Å². The van der Waals surface area contributed by atoms with Crippen molar-refractivity contribution in [1.82, 2.24) is 9.88 Å². The number of rotatable bonds is 3. The Balaban J connectivity index is 0.00000306. The molecule has 2 N–H and O–H groups in total. The molecule has 10 heteroatoms. The van der Waals surface area contributed by atoms with Crippen molar-refractivity contribution in [2.75, 3.05) is 25.1 Å². The third kappa shape index (κ3) is 4.94. The summed E-state index contributed by atoms with van der Waals surface area (Å²) in [6, 6.07) is 11.8. The molecule has 0 radical (unpaired) electrons. The number of nitrogens with two attached hydrogens (primary N) is 1. The molecule has 3 aromatic rings. The minimum Gasteiger partial charge on any atom is -0.491 e. The molecule has 4 rings (SSSR count). The van der Waals surface area contributed by atoms with Crippen LogP contribution in [0.15, 0.2) is 53.6 Å². The molecule has 0 bridgehead atoms. The van der Waals surface area contributed by atoms with Crippen LogP contribution in [0.25, 0.3) is 11.1 Å². The van der Waals surface area contributed by atoms with E-state index >= 15 is 0 Å². The lowest BCUT2D eigenvalue weighted by atomic mass is 10.0. The van der Waals surface area contributed by atoms with Crippen LogP contribution in [0.1, 0.15) is 21.5 Å². The second kappa shape index (κ2) is 9.36. The highest BCUT2D eigenvalue weighted by Gasteiger charge is 2.26. The summed E-state index contributed by atoms with van der Waals surface area (Å²) >= 11 is 0. The first-order valence-corrected chi connectivity index (χ1v) is 11.8. The molecule has 0 atom stereocenters. The van der Waals surface area contributed by atoms with Crippen molar-refractivity contribution in [2.24, 2.45) is 0 Å². The number of amides is 1. The summed E-state index contributed by atoms with van der Waals surface area (Å²) in [6.07, 6.45) is 2.61. The van der Waals surface area contributed by atoms with Gasteiger partial charge in [0, 0.05) is 35.7 Å². The Bertz CT molecular complexity index is 1310. The molecule has 1 aliphatic heterocycles. The molecule has 0 saturated heterocycles. The van der Waals surface area contributed by atoms with Crippen molar-refractivity contribution in [3.63, 3.8) is 0 Å². The number of nitrogens with zero attached hydrogens (tertiary/aromatic N) is 2. The standard InChI is InChI=1S/C23H22FN3O4S.ClH/c1-14-18(5-7-20(22(14)24)32(2,29)30)23(28)27-9-10-31-19-6-3-15(11-17(19)13-27)16-4-8-21(25)26-12-16;/h3-8,11-12H,9-10,13H2,1-2H3,(H2,25,26);1H. The molecule has 1 amide bonds. The van der Waals surface area contributed by atoms with E-state index < -0.39 is 26.5 Å². The van der Waals surface area contributed by atoms with E-state index in [2.05, 4.69) is 4.98 Å². The first kappa shape index (κ1) is 24.5. The Morgan fingerprint density at radius 1 is 1.15 bits per heavy atom. The maximum absolute atomic E-state index is 14.7. The van der Waals surface area contributed by atoms with Crippen LogP contribution in [-0.2, 0) is 16.4 Å². The number of hydrogen-bond acceptors (Lipinski definition) is 6. The summed E-state index contributed by atoms with van der Waals surface area (Å²) in [7, 11) is -3.74. The van der Waals surface area contributed by atoms with Crippen LogP contribution in [-0.4, -0.2) is 43.6 Å². The van der Waals surface area contributed by atoms with Crippen LogP contribution < -0.4 is 10.5 Å². The van der Waals surface area contributed by atoms with Gasteiger partial charge in [0.15, 0.2) is 9.84 Å². The van der Waals surface area contributed by atoms with Crippen LogP contribution in [0.3, 0.4) is 0 Å². The van der Waals surface area contributed by atoms with E-state index in [1.807, 2.05) is 24.3 Å². The number of benzene rings is 2. The molecule has 1 aromatic heterocycles. The van der Waals surface area contributed by atoms with E-state index in [0.717, 1.165) is 29.0 Å². The number of ether oxygens (including phenoxy) is 1. The van der Waals surface area contributed by atoms with E-state index in [-0.39, 0.29) is 36.7 Å². The molecule has 1 aliphatic rings. The summed E-state index contributed by atoms with van der Waals surface area (Å²) in [5.41, 5.74) is 8.36. The number of carbonyl (C=O) groups is 1. The zero-order chi connectivity index (χ0) is 23.0. The SMILES string of the molecule is Cc1c(C(=O)N2CCOc3ccc(-c4ccc(N)nc4)cc3C2)ccc(S(C)(=O)=O)c1F.Cl. The lowest BCUT2D eigenvalue weighted by Gasteiger charge is -2.21. The van der Waals surface area contributed by atoms with Gasteiger partial charge in [-0.2, -0.15) is 0 Å². The number of sulfone groups is 1. The van der Waals surface area contributed by atoms with Crippen LogP contribution in [0, 0.1) is 12.7 Å². The Labute approximate surface area is 197 Å². The molecular weight excluding hydrogens is 469 g/mol. The minimum absolute atomic E-state index is 0. The average molecular weight is 492 g/mol. The molecule has 7 nitrogen and oxygen atoms in total. The second-order valence-electron chi connectivity index (χ2n) is 7.69. The summed E-state index contributed by atoms with van der Waals surface area (Å²) in [5, 5.41) is 0. The first-order chi connectivity index (χ1) is 15.1. The number of halogens is 2. The Hall–Kier alpha value is -3.17. The van der Waals surface area contributed by atoms with Gasteiger partial charge in [-0.25, -0.2) is 17.8 Å². The average Bonchev–Trinajstić information content (AvgIpc) is 2.96. The Morgan fingerprint density at radius 2 is 1.88 bits per heavy atom. The Morgan fingerprint density at radius 3 is 2.55 bits per heavy atom. The third-order valence-corrected chi connectivity index (χ3v) is 6.54. The molecule has 0 spiro atoms. The highest BCUT2D eigenvalue weighted by Crippen LogP contribution is 2.30. The number of nitrogen functional groups attached to an aromatic ring is 1. The van der Waals surface area contributed by atoms with E-state index in [4.69, 9.17) is 10.5 Å². The molecule has 0 fully saturated rings. The summed E-state index contributed by atoms with van der Waals surface area (Å²) in [6.45, 7) is 2.26. The Kier molecular flexibility index (Phi) is 6.94. The van der Waals surface area contributed by atoms with Crippen molar-refractivity contribution >= 4 is 34.0 Å². The predicted octanol–water partition coefficient (Wildman–Crippen LogP) is 3.64. The predicted molar refractivity (Wildman–Crippen MR) is 126 cm³/mol. The van der Waals surface area contributed by atoms with Gasteiger partial charge >= 0.3 is 0 Å². The fraction of sp³-hybridized carbons (Fsp3) is 0.217. The topological polar surface area (TPSA) is 103 Å². The van der Waals surface area contributed by atoms with Crippen LogP contribution >= 0.6 is 12.4 Å². The lowest BCUT2D eigenvalue weighted by Crippen LogP contribution is -2.33. The monoisotopic (exact) mass is 491 g/mol. The molecule has 0 saturated carbocycles. The zero-order valence-corrected chi connectivity index (χ0v) is 19.7. The van der Waals surface area contributed by atoms with Gasteiger partial charge in [0.25, 0.3) is 5.91 Å². The highest BCUT2D eigenvalue weighted by molar-refractivity contribution is 7.90. The van der Waals surface area contributed by atoms with Crippen molar-refractivity contribution in [3.8, 4) is 16.9 Å². The quantitative estimate of drug-likeness (QED) is 0.600. The number of anilines is 1.